The molecule has 0 spiro atoms. The van der Waals surface area contributed by atoms with Crippen molar-refractivity contribution in [2.24, 2.45) is 17.4 Å². The second kappa shape index (κ2) is 6.50. The molecule has 0 rings (SSSR count). The fourth-order valence-electron chi connectivity index (χ4n) is 1.31. The van der Waals surface area contributed by atoms with Crippen LogP contribution < -0.4 is 11.5 Å². The van der Waals surface area contributed by atoms with Crippen molar-refractivity contribution >= 4 is 8.56 Å². The zero-order chi connectivity index (χ0) is 10.3. The van der Waals surface area contributed by atoms with E-state index in [1.807, 2.05) is 6.55 Å². The summed E-state index contributed by atoms with van der Waals surface area (Å²) in [5.74, 6) is 0.432. The van der Waals surface area contributed by atoms with E-state index in [1.165, 1.54) is 0 Å². The van der Waals surface area contributed by atoms with Crippen LogP contribution >= 0.6 is 0 Å². The first-order chi connectivity index (χ1) is 6.11. The van der Waals surface area contributed by atoms with Crippen molar-refractivity contribution in [1.29, 1.82) is 0 Å². The van der Waals surface area contributed by atoms with Crippen LogP contribution in [0.1, 0.15) is 6.42 Å². The number of hydrogen-bond donors (Lipinski definition) is 2. The van der Waals surface area contributed by atoms with Gasteiger partial charge >= 0.3 is 8.56 Å². The molecule has 4 nitrogen and oxygen atoms in total. The Morgan fingerprint density at radius 1 is 1.23 bits per heavy atom. The van der Waals surface area contributed by atoms with E-state index < -0.39 is 8.56 Å². The summed E-state index contributed by atoms with van der Waals surface area (Å²) in [4.78, 5) is 0. The zero-order valence-electron chi connectivity index (χ0n) is 8.88. The lowest BCUT2D eigenvalue weighted by Gasteiger charge is -2.26. The highest BCUT2D eigenvalue weighted by atomic mass is 28.4. The Balaban J connectivity index is 4.02. The molecule has 1 unspecified atom stereocenters. The molecule has 0 aliphatic carbocycles. The minimum absolute atomic E-state index is 0.432. The number of nitrogens with two attached hydrogens (primary N) is 2. The minimum Gasteiger partial charge on any atom is -0.398 e. The van der Waals surface area contributed by atoms with Gasteiger partial charge in [0.1, 0.15) is 0 Å². The molecule has 5 heteroatoms. The molecule has 0 radical (unpaired) electrons. The maximum atomic E-state index is 5.63. The predicted octanol–water partition coefficient (Wildman–Crippen LogP) is 0.275. The second-order valence-electron chi connectivity index (χ2n) is 3.43. The summed E-state index contributed by atoms with van der Waals surface area (Å²) >= 11 is 0. The molecule has 80 valence electrons. The Morgan fingerprint density at radius 2 is 1.77 bits per heavy atom. The summed E-state index contributed by atoms with van der Waals surface area (Å²) < 4.78 is 10.8. The van der Waals surface area contributed by atoms with E-state index in [4.69, 9.17) is 20.3 Å². The fraction of sp³-hybridized carbons (Fsp3) is 1.00. The van der Waals surface area contributed by atoms with E-state index in [9.17, 15) is 0 Å². The van der Waals surface area contributed by atoms with Crippen molar-refractivity contribution in [3.8, 4) is 0 Å². The van der Waals surface area contributed by atoms with Crippen LogP contribution in [0.25, 0.3) is 0 Å². The Kier molecular flexibility index (Phi) is 6.53. The highest BCUT2D eigenvalue weighted by Crippen LogP contribution is 2.19. The van der Waals surface area contributed by atoms with Crippen LogP contribution in [0.4, 0.5) is 0 Å². The van der Waals surface area contributed by atoms with Crippen LogP contribution in [0.5, 0.6) is 0 Å². The molecular formula is C8H22N2O2Si. The molecule has 0 aliphatic heterocycles. The first-order valence-corrected chi connectivity index (χ1v) is 7.14. The van der Waals surface area contributed by atoms with Gasteiger partial charge in [0.2, 0.25) is 0 Å². The third-order valence-corrected chi connectivity index (χ3v) is 5.48. The van der Waals surface area contributed by atoms with Gasteiger partial charge in [-0.15, -0.1) is 0 Å². The second-order valence-corrected chi connectivity index (χ2v) is 6.92. The van der Waals surface area contributed by atoms with Gasteiger partial charge in [-0.1, -0.05) is 0 Å². The van der Waals surface area contributed by atoms with Gasteiger partial charge < -0.3 is 20.3 Å². The average Bonchev–Trinajstić information content (AvgIpc) is 2.17. The maximum Gasteiger partial charge on any atom is 0.334 e. The molecule has 13 heavy (non-hydrogen) atoms. The van der Waals surface area contributed by atoms with Gasteiger partial charge in [-0.3, -0.25) is 0 Å². The van der Waals surface area contributed by atoms with E-state index >= 15 is 0 Å². The molecule has 0 saturated carbocycles. The largest absolute Gasteiger partial charge is 0.398 e. The van der Waals surface area contributed by atoms with Crippen molar-refractivity contribution in [3.05, 3.63) is 0 Å². The van der Waals surface area contributed by atoms with Crippen LogP contribution in [0.3, 0.4) is 0 Å². The third kappa shape index (κ3) is 4.73. The molecule has 0 aromatic rings. The zero-order valence-corrected chi connectivity index (χ0v) is 9.88. The quantitative estimate of drug-likeness (QED) is 0.587. The van der Waals surface area contributed by atoms with Gasteiger partial charge in [-0.25, -0.2) is 0 Å². The fourth-order valence-corrected chi connectivity index (χ4v) is 3.23. The summed E-state index contributed by atoms with van der Waals surface area (Å²) in [7, 11) is 1.45. The molecule has 0 aromatic heterocycles. The van der Waals surface area contributed by atoms with Crippen molar-refractivity contribution < 1.29 is 8.85 Å². The van der Waals surface area contributed by atoms with E-state index in [1.54, 1.807) is 14.2 Å². The van der Waals surface area contributed by atoms with Crippen molar-refractivity contribution in [2.75, 3.05) is 27.3 Å². The lowest BCUT2D eigenvalue weighted by Crippen LogP contribution is -2.40. The molecular weight excluding hydrogens is 184 g/mol. The number of rotatable bonds is 7. The maximum absolute atomic E-state index is 5.63. The first-order valence-electron chi connectivity index (χ1n) is 4.62. The minimum atomic E-state index is -1.95. The van der Waals surface area contributed by atoms with E-state index in [0.717, 1.165) is 12.5 Å². The van der Waals surface area contributed by atoms with Crippen molar-refractivity contribution in [1.82, 2.24) is 0 Å². The highest BCUT2D eigenvalue weighted by Gasteiger charge is 2.31. The average molecular weight is 206 g/mol. The normalized spacial score (nSPS) is 14.5. The molecule has 0 saturated heterocycles. The lowest BCUT2D eigenvalue weighted by molar-refractivity contribution is 0.241. The smallest absolute Gasteiger partial charge is 0.334 e. The Hall–Kier alpha value is 0.0569. The van der Waals surface area contributed by atoms with Gasteiger partial charge in [0.25, 0.3) is 0 Å². The molecule has 0 aromatic carbocycles. The predicted molar refractivity (Wildman–Crippen MR) is 56.7 cm³/mol. The van der Waals surface area contributed by atoms with Crippen LogP contribution in [0.2, 0.25) is 12.6 Å². The standard InChI is InChI=1S/C8H22N2O2Si/c1-11-13(3,12-2)7-8(6-10)4-5-9/h8H,4-7,9-10H2,1-3H3. The van der Waals surface area contributed by atoms with Gasteiger partial charge in [0.15, 0.2) is 0 Å². The van der Waals surface area contributed by atoms with Crippen LogP contribution in [-0.2, 0) is 8.85 Å². The van der Waals surface area contributed by atoms with Crippen LogP contribution in [0.15, 0.2) is 0 Å². The first kappa shape index (κ1) is 13.1. The topological polar surface area (TPSA) is 70.5 Å². The Morgan fingerprint density at radius 3 is 2.08 bits per heavy atom. The van der Waals surface area contributed by atoms with Crippen LogP contribution in [-0.4, -0.2) is 35.9 Å². The molecule has 0 amide bonds. The summed E-state index contributed by atoms with van der Waals surface area (Å²) in [6, 6.07) is 0.924. The summed E-state index contributed by atoms with van der Waals surface area (Å²) in [6.07, 6.45) is 0.950. The monoisotopic (exact) mass is 206 g/mol. The Labute approximate surface area is 81.8 Å². The van der Waals surface area contributed by atoms with Gasteiger partial charge in [0.05, 0.1) is 0 Å². The summed E-state index contributed by atoms with van der Waals surface area (Å²) in [6.45, 7) is 3.39. The Bertz CT molecular complexity index is 131. The molecule has 0 aliphatic rings. The molecule has 0 bridgehead atoms. The molecule has 1 atom stereocenters. The van der Waals surface area contributed by atoms with Gasteiger partial charge in [-0.2, -0.15) is 0 Å². The summed E-state index contributed by atoms with van der Waals surface area (Å²) in [5.41, 5.74) is 11.1. The van der Waals surface area contributed by atoms with Crippen molar-refractivity contribution in [3.63, 3.8) is 0 Å². The molecule has 0 fully saturated rings. The number of hydrogen-bond acceptors (Lipinski definition) is 4. The molecule has 0 heterocycles. The third-order valence-electron chi connectivity index (χ3n) is 2.43. The van der Waals surface area contributed by atoms with Crippen molar-refractivity contribution in [2.45, 2.75) is 19.0 Å². The van der Waals surface area contributed by atoms with Gasteiger partial charge in [-0.05, 0) is 38.0 Å². The van der Waals surface area contributed by atoms with Crippen LogP contribution in [0, 0.1) is 5.92 Å². The SMILES string of the molecule is CO[Si](C)(CC(CN)CCN)OC. The van der Waals surface area contributed by atoms with E-state index in [-0.39, 0.29) is 0 Å². The van der Waals surface area contributed by atoms with Gasteiger partial charge in [0, 0.05) is 14.2 Å². The van der Waals surface area contributed by atoms with E-state index in [2.05, 4.69) is 0 Å². The highest BCUT2D eigenvalue weighted by molar-refractivity contribution is 6.66. The van der Waals surface area contributed by atoms with E-state index in [0.29, 0.717) is 19.0 Å². The molecule has 4 N–H and O–H groups in total. The summed E-state index contributed by atoms with van der Waals surface area (Å²) in [5, 5.41) is 0. The lowest BCUT2D eigenvalue weighted by atomic mass is 10.1.